The van der Waals surface area contributed by atoms with Crippen molar-refractivity contribution < 1.29 is 9.53 Å². The second-order valence-corrected chi connectivity index (χ2v) is 9.65. The number of pyridine rings is 1. The minimum absolute atomic E-state index is 0.160. The number of nitrogens with zero attached hydrogens (tertiary/aromatic N) is 4. The minimum Gasteiger partial charge on any atom is -0.379 e. The van der Waals surface area contributed by atoms with Gasteiger partial charge in [-0.25, -0.2) is 4.98 Å². The van der Waals surface area contributed by atoms with Gasteiger partial charge in [0.15, 0.2) is 0 Å². The number of ether oxygens (including phenoxy) is 1. The number of benzene rings is 1. The fraction of sp³-hybridized carbons (Fsp3) is 0.440. The van der Waals surface area contributed by atoms with Gasteiger partial charge in [-0.3, -0.25) is 9.69 Å². The van der Waals surface area contributed by atoms with Crippen molar-refractivity contribution in [2.75, 3.05) is 45.9 Å². The molecule has 0 spiro atoms. The van der Waals surface area contributed by atoms with Gasteiger partial charge in [0, 0.05) is 55.8 Å². The molecular formula is C25H30N4O2S. The van der Waals surface area contributed by atoms with Crippen molar-refractivity contribution in [1.29, 1.82) is 0 Å². The summed E-state index contributed by atoms with van der Waals surface area (Å²) in [4.78, 5) is 23.6. The van der Waals surface area contributed by atoms with Crippen LogP contribution >= 0.6 is 11.8 Å². The molecule has 2 aliphatic heterocycles. The zero-order chi connectivity index (χ0) is 21.8. The van der Waals surface area contributed by atoms with Crippen molar-refractivity contribution in [3.8, 4) is 0 Å². The van der Waals surface area contributed by atoms with Crippen molar-refractivity contribution >= 4 is 23.3 Å². The van der Waals surface area contributed by atoms with Gasteiger partial charge in [-0.05, 0) is 43.0 Å². The quantitative estimate of drug-likeness (QED) is 0.535. The lowest BCUT2D eigenvalue weighted by atomic mass is 9.95. The van der Waals surface area contributed by atoms with Crippen LogP contribution in [0.5, 0.6) is 0 Å². The molecule has 1 amide bonds. The second-order valence-electron chi connectivity index (χ2n) is 8.63. The van der Waals surface area contributed by atoms with Crippen LogP contribution in [-0.2, 0) is 10.5 Å². The van der Waals surface area contributed by atoms with E-state index in [1.165, 1.54) is 0 Å². The Hall–Kier alpha value is -2.35. The van der Waals surface area contributed by atoms with E-state index in [2.05, 4.69) is 22.1 Å². The van der Waals surface area contributed by atoms with Gasteiger partial charge in [0.1, 0.15) is 5.65 Å². The first-order valence-corrected chi connectivity index (χ1v) is 12.5. The van der Waals surface area contributed by atoms with Crippen molar-refractivity contribution in [3.63, 3.8) is 0 Å². The number of carbonyl (C=O) groups is 1. The second kappa shape index (κ2) is 10.1. The Morgan fingerprint density at radius 2 is 1.81 bits per heavy atom. The maximum Gasteiger partial charge on any atom is 0.254 e. The van der Waals surface area contributed by atoms with Crippen LogP contribution in [0.4, 0.5) is 0 Å². The number of fused-ring (bicyclic) bond motifs is 1. The Labute approximate surface area is 193 Å². The Morgan fingerprint density at radius 1 is 1.03 bits per heavy atom. The van der Waals surface area contributed by atoms with E-state index in [1.807, 2.05) is 51.9 Å². The molecule has 3 aromatic rings. The lowest BCUT2D eigenvalue weighted by Crippen LogP contribution is -2.44. The van der Waals surface area contributed by atoms with Crippen molar-refractivity contribution in [1.82, 2.24) is 19.2 Å². The molecule has 0 aliphatic carbocycles. The normalized spacial score (nSPS) is 18.3. The molecule has 2 aromatic heterocycles. The van der Waals surface area contributed by atoms with Gasteiger partial charge in [0.2, 0.25) is 0 Å². The van der Waals surface area contributed by atoms with E-state index in [4.69, 9.17) is 4.74 Å². The first kappa shape index (κ1) is 21.5. The molecule has 2 saturated heterocycles. The summed E-state index contributed by atoms with van der Waals surface area (Å²) in [5.41, 5.74) is 2.78. The number of aromatic nitrogens is 2. The number of likely N-dealkylation sites (tertiary alicyclic amines) is 1. The van der Waals surface area contributed by atoms with Crippen LogP contribution < -0.4 is 0 Å². The van der Waals surface area contributed by atoms with Crippen LogP contribution in [0.15, 0.2) is 59.8 Å². The summed E-state index contributed by atoms with van der Waals surface area (Å²) in [6.07, 6.45) is 6.24. The topological polar surface area (TPSA) is 50.1 Å². The van der Waals surface area contributed by atoms with Crippen LogP contribution in [0, 0.1) is 5.92 Å². The molecule has 5 rings (SSSR count). The number of hydrogen-bond donors (Lipinski definition) is 0. The van der Waals surface area contributed by atoms with Gasteiger partial charge in [-0.15, -0.1) is 11.8 Å². The molecule has 4 heterocycles. The molecule has 2 aliphatic rings. The number of amides is 1. The SMILES string of the molecule is O=C(c1ccccc1SCc1cn2ccccc2n1)N1CCC(CN2CCOCC2)CC1. The highest BCUT2D eigenvalue weighted by Gasteiger charge is 2.26. The molecule has 6 nitrogen and oxygen atoms in total. The standard InChI is InChI=1S/C25H30N4O2S/c30-25(28-11-8-20(9-12-28)17-27-13-15-31-16-14-27)22-5-1-2-6-23(22)32-19-21-18-29-10-4-3-7-24(29)26-21/h1-7,10,18,20H,8-9,11-17,19H2. The summed E-state index contributed by atoms with van der Waals surface area (Å²) in [5, 5.41) is 0. The van der Waals surface area contributed by atoms with Gasteiger partial charge >= 0.3 is 0 Å². The number of thioether (sulfide) groups is 1. The third-order valence-corrected chi connectivity index (χ3v) is 7.54. The maximum absolute atomic E-state index is 13.3. The first-order chi connectivity index (χ1) is 15.8. The predicted octanol–water partition coefficient (Wildman–Crippen LogP) is 3.81. The molecule has 0 radical (unpaired) electrons. The fourth-order valence-electron chi connectivity index (χ4n) is 4.62. The summed E-state index contributed by atoms with van der Waals surface area (Å²) in [7, 11) is 0. The molecule has 0 saturated carbocycles. The zero-order valence-electron chi connectivity index (χ0n) is 18.4. The molecule has 0 N–H and O–H groups in total. The average molecular weight is 451 g/mol. The van der Waals surface area contributed by atoms with Gasteiger partial charge in [-0.2, -0.15) is 0 Å². The lowest BCUT2D eigenvalue weighted by molar-refractivity contribution is 0.0242. The van der Waals surface area contributed by atoms with E-state index >= 15 is 0 Å². The summed E-state index contributed by atoms with van der Waals surface area (Å²) in [6, 6.07) is 14.0. The van der Waals surface area contributed by atoms with Crippen LogP contribution in [0.2, 0.25) is 0 Å². The van der Waals surface area contributed by atoms with E-state index in [1.54, 1.807) is 11.8 Å². The third-order valence-electron chi connectivity index (χ3n) is 6.43. The fourth-order valence-corrected chi connectivity index (χ4v) is 5.54. The number of hydrogen-bond acceptors (Lipinski definition) is 5. The summed E-state index contributed by atoms with van der Waals surface area (Å²) in [6.45, 7) is 6.60. The predicted molar refractivity (Wildman–Crippen MR) is 127 cm³/mol. The minimum atomic E-state index is 0.160. The van der Waals surface area contributed by atoms with Crippen LogP contribution in [-0.4, -0.2) is 71.0 Å². The maximum atomic E-state index is 13.3. The third kappa shape index (κ3) is 5.00. The molecule has 2 fully saturated rings. The van der Waals surface area contributed by atoms with E-state index < -0.39 is 0 Å². The Morgan fingerprint density at radius 3 is 2.62 bits per heavy atom. The Kier molecular flexibility index (Phi) is 6.76. The molecule has 32 heavy (non-hydrogen) atoms. The molecule has 0 bridgehead atoms. The molecule has 0 unspecified atom stereocenters. The van der Waals surface area contributed by atoms with E-state index in [-0.39, 0.29) is 5.91 Å². The van der Waals surface area contributed by atoms with Crippen molar-refractivity contribution in [2.24, 2.45) is 5.92 Å². The van der Waals surface area contributed by atoms with Crippen molar-refractivity contribution in [3.05, 3.63) is 66.1 Å². The highest BCUT2D eigenvalue weighted by atomic mass is 32.2. The smallest absolute Gasteiger partial charge is 0.254 e. The summed E-state index contributed by atoms with van der Waals surface area (Å²) >= 11 is 1.69. The zero-order valence-corrected chi connectivity index (χ0v) is 19.2. The first-order valence-electron chi connectivity index (χ1n) is 11.5. The van der Waals surface area contributed by atoms with E-state index in [9.17, 15) is 4.79 Å². The summed E-state index contributed by atoms with van der Waals surface area (Å²) in [5.74, 6) is 1.58. The molecule has 1 aromatic carbocycles. The number of piperidine rings is 1. The van der Waals surface area contributed by atoms with E-state index in [0.29, 0.717) is 5.92 Å². The molecule has 0 atom stereocenters. The molecular weight excluding hydrogens is 420 g/mol. The Bertz CT molecular complexity index is 1020. The van der Waals surface area contributed by atoms with Crippen LogP contribution in [0.1, 0.15) is 28.9 Å². The highest BCUT2D eigenvalue weighted by Crippen LogP contribution is 2.28. The van der Waals surface area contributed by atoms with Gasteiger partial charge in [0.05, 0.1) is 24.5 Å². The number of carbonyl (C=O) groups excluding carboxylic acids is 1. The van der Waals surface area contributed by atoms with Crippen LogP contribution in [0.25, 0.3) is 5.65 Å². The largest absolute Gasteiger partial charge is 0.379 e. The van der Waals surface area contributed by atoms with Crippen LogP contribution in [0.3, 0.4) is 0 Å². The van der Waals surface area contributed by atoms with E-state index in [0.717, 1.165) is 86.3 Å². The van der Waals surface area contributed by atoms with Gasteiger partial charge < -0.3 is 14.0 Å². The molecule has 7 heteroatoms. The average Bonchev–Trinajstić information content (AvgIpc) is 3.27. The summed E-state index contributed by atoms with van der Waals surface area (Å²) < 4.78 is 7.50. The number of morpholine rings is 1. The lowest BCUT2D eigenvalue weighted by Gasteiger charge is -2.36. The van der Waals surface area contributed by atoms with Crippen molar-refractivity contribution in [2.45, 2.75) is 23.5 Å². The Balaban J connectivity index is 1.19. The molecule has 168 valence electrons. The van der Waals surface area contributed by atoms with Gasteiger partial charge in [0.25, 0.3) is 5.91 Å². The number of rotatable bonds is 6. The van der Waals surface area contributed by atoms with Gasteiger partial charge in [-0.1, -0.05) is 18.2 Å². The highest BCUT2D eigenvalue weighted by molar-refractivity contribution is 7.98. The number of imidazole rings is 1. The monoisotopic (exact) mass is 450 g/mol.